The predicted molar refractivity (Wildman–Crippen MR) is 146 cm³/mol. The molecule has 0 saturated heterocycles. The van der Waals surface area contributed by atoms with Crippen molar-refractivity contribution in [3.05, 3.63) is 109 Å². The van der Waals surface area contributed by atoms with Crippen molar-refractivity contribution in [2.75, 3.05) is 5.32 Å². The van der Waals surface area contributed by atoms with Gasteiger partial charge in [0.2, 0.25) is 5.91 Å². The minimum Gasteiger partial charge on any atom is -0.324 e. The summed E-state index contributed by atoms with van der Waals surface area (Å²) >= 11 is 6.19. The van der Waals surface area contributed by atoms with Gasteiger partial charge in [0.15, 0.2) is 0 Å². The number of nitrogens with one attached hydrogen (secondary N) is 1. The summed E-state index contributed by atoms with van der Waals surface area (Å²) < 4.78 is 2.50. The molecule has 0 aliphatic carbocycles. The molecule has 186 valence electrons. The molecule has 6 nitrogen and oxygen atoms in total. The lowest BCUT2D eigenvalue weighted by Crippen LogP contribution is -2.43. The molecule has 0 spiro atoms. The Morgan fingerprint density at radius 3 is 2.11 bits per heavy atom. The SMILES string of the molecule is CC(C)c1cccc(C(C)C)c1NC(=O)Cn1c(=O)c2cc(Cl)ccc2n(Cc2ccccc2)c1=O. The molecule has 0 radical (unpaired) electrons. The Labute approximate surface area is 215 Å². The van der Waals surface area contributed by atoms with E-state index < -0.39 is 23.7 Å². The number of carbonyl (C=O) groups excluding carboxylic acids is 1. The molecule has 1 amide bonds. The Bertz CT molecular complexity index is 1510. The van der Waals surface area contributed by atoms with E-state index >= 15 is 0 Å². The van der Waals surface area contributed by atoms with Crippen LogP contribution in [-0.4, -0.2) is 15.0 Å². The summed E-state index contributed by atoms with van der Waals surface area (Å²) in [5.74, 6) is -0.0582. The monoisotopic (exact) mass is 503 g/mol. The van der Waals surface area contributed by atoms with Crippen LogP contribution in [0.25, 0.3) is 10.9 Å². The number of anilines is 1. The fourth-order valence-corrected chi connectivity index (χ4v) is 4.64. The highest BCUT2D eigenvalue weighted by Crippen LogP contribution is 2.32. The molecular weight excluding hydrogens is 474 g/mol. The zero-order chi connectivity index (χ0) is 26.0. The topological polar surface area (TPSA) is 73.1 Å². The van der Waals surface area contributed by atoms with E-state index in [0.717, 1.165) is 26.9 Å². The zero-order valence-corrected chi connectivity index (χ0v) is 21.7. The van der Waals surface area contributed by atoms with Crippen LogP contribution >= 0.6 is 11.6 Å². The fourth-order valence-electron chi connectivity index (χ4n) is 4.47. The lowest BCUT2D eigenvalue weighted by molar-refractivity contribution is -0.116. The summed E-state index contributed by atoms with van der Waals surface area (Å²) in [7, 11) is 0. The van der Waals surface area contributed by atoms with Gasteiger partial charge in [-0.15, -0.1) is 0 Å². The maximum Gasteiger partial charge on any atom is 0.332 e. The molecular formula is C29H30ClN3O3. The third kappa shape index (κ3) is 5.14. The molecule has 0 aliphatic rings. The summed E-state index contributed by atoms with van der Waals surface area (Å²) in [4.78, 5) is 40.2. The second-order valence-electron chi connectivity index (χ2n) is 9.58. The van der Waals surface area contributed by atoms with Crippen LogP contribution in [0.4, 0.5) is 5.69 Å². The van der Waals surface area contributed by atoms with Crippen molar-refractivity contribution in [2.45, 2.75) is 52.6 Å². The van der Waals surface area contributed by atoms with Crippen LogP contribution in [0.5, 0.6) is 0 Å². The fraction of sp³-hybridized carbons (Fsp3) is 0.276. The summed E-state index contributed by atoms with van der Waals surface area (Å²) in [6, 6.07) is 20.3. The molecule has 0 fully saturated rings. The Kier molecular flexibility index (Phi) is 7.45. The van der Waals surface area contributed by atoms with Crippen LogP contribution in [0.2, 0.25) is 5.02 Å². The Morgan fingerprint density at radius 2 is 1.50 bits per heavy atom. The second-order valence-corrected chi connectivity index (χ2v) is 10.0. The van der Waals surface area contributed by atoms with Gasteiger partial charge in [-0.3, -0.25) is 18.7 Å². The molecule has 0 aliphatic heterocycles. The normalized spacial score (nSPS) is 11.4. The number of aromatic nitrogens is 2. The van der Waals surface area contributed by atoms with Gasteiger partial charge >= 0.3 is 5.69 Å². The van der Waals surface area contributed by atoms with Gasteiger partial charge in [0.1, 0.15) is 6.54 Å². The van der Waals surface area contributed by atoms with Crippen LogP contribution in [0.15, 0.2) is 76.3 Å². The number of hydrogen-bond donors (Lipinski definition) is 1. The van der Waals surface area contributed by atoms with Gasteiger partial charge in [-0.25, -0.2) is 4.79 Å². The molecule has 36 heavy (non-hydrogen) atoms. The van der Waals surface area contributed by atoms with Crippen LogP contribution in [-0.2, 0) is 17.9 Å². The molecule has 0 atom stereocenters. The average Bonchev–Trinajstić information content (AvgIpc) is 2.85. The number of carbonyl (C=O) groups is 1. The molecule has 4 aromatic rings. The van der Waals surface area contributed by atoms with E-state index in [-0.39, 0.29) is 23.8 Å². The Balaban J connectivity index is 1.79. The molecule has 4 rings (SSSR count). The first-order valence-corrected chi connectivity index (χ1v) is 12.4. The van der Waals surface area contributed by atoms with Crippen molar-refractivity contribution in [3.63, 3.8) is 0 Å². The van der Waals surface area contributed by atoms with Gasteiger partial charge in [0, 0.05) is 10.7 Å². The van der Waals surface area contributed by atoms with Crippen molar-refractivity contribution >= 4 is 34.1 Å². The van der Waals surface area contributed by atoms with Crippen LogP contribution in [0, 0.1) is 0 Å². The molecule has 1 aromatic heterocycles. The van der Waals surface area contributed by atoms with Gasteiger partial charge in [-0.05, 0) is 46.7 Å². The van der Waals surface area contributed by atoms with Crippen molar-refractivity contribution in [3.8, 4) is 0 Å². The third-order valence-corrected chi connectivity index (χ3v) is 6.54. The number of nitrogens with zero attached hydrogens (tertiary/aromatic N) is 2. The van der Waals surface area contributed by atoms with Crippen LogP contribution in [0.3, 0.4) is 0 Å². The van der Waals surface area contributed by atoms with E-state index in [1.807, 2.05) is 48.5 Å². The minimum absolute atomic E-state index is 0.188. The van der Waals surface area contributed by atoms with E-state index in [1.54, 1.807) is 18.2 Å². The lowest BCUT2D eigenvalue weighted by atomic mass is 9.92. The van der Waals surface area contributed by atoms with Crippen molar-refractivity contribution in [1.29, 1.82) is 0 Å². The van der Waals surface area contributed by atoms with Gasteiger partial charge < -0.3 is 5.32 Å². The van der Waals surface area contributed by atoms with E-state index in [0.29, 0.717) is 10.5 Å². The van der Waals surface area contributed by atoms with E-state index in [2.05, 4.69) is 33.0 Å². The highest BCUT2D eigenvalue weighted by atomic mass is 35.5. The smallest absolute Gasteiger partial charge is 0.324 e. The highest BCUT2D eigenvalue weighted by molar-refractivity contribution is 6.31. The summed E-state index contributed by atoms with van der Waals surface area (Å²) in [5, 5.41) is 3.67. The maximum absolute atomic E-state index is 13.5. The Hall–Kier alpha value is -3.64. The van der Waals surface area contributed by atoms with Gasteiger partial charge in [0.05, 0.1) is 17.4 Å². The van der Waals surface area contributed by atoms with Gasteiger partial charge in [0.25, 0.3) is 5.56 Å². The molecule has 0 bridgehead atoms. The van der Waals surface area contributed by atoms with Crippen LogP contribution < -0.4 is 16.6 Å². The maximum atomic E-state index is 13.5. The molecule has 1 N–H and O–H groups in total. The highest BCUT2D eigenvalue weighted by Gasteiger charge is 2.19. The molecule has 0 saturated carbocycles. The molecule has 7 heteroatoms. The minimum atomic E-state index is -0.546. The summed E-state index contributed by atoms with van der Waals surface area (Å²) in [5.41, 5.74) is 3.05. The lowest BCUT2D eigenvalue weighted by Gasteiger charge is -2.20. The summed E-state index contributed by atoms with van der Waals surface area (Å²) in [6.07, 6.45) is 0. The number of hydrogen-bond acceptors (Lipinski definition) is 3. The zero-order valence-electron chi connectivity index (χ0n) is 20.9. The number of halogens is 1. The molecule has 3 aromatic carbocycles. The first-order valence-electron chi connectivity index (χ1n) is 12.1. The first kappa shape index (κ1) is 25.5. The second kappa shape index (κ2) is 10.5. The number of para-hydroxylation sites is 1. The molecule has 0 unspecified atom stereocenters. The van der Waals surface area contributed by atoms with Crippen molar-refractivity contribution < 1.29 is 4.79 Å². The van der Waals surface area contributed by atoms with Crippen molar-refractivity contribution in [1.82, 2.24) is 9.13 Å². The van der Waals surface area contributed by atoms with E-state index in [1.165, 1.54) is 4.57 Å². The van der Waals surface area contributed by atoms with Gasteiger partial charge in [-0.1, -0.05) is 87.8 Å². The van der Waals surface area contributed by atoms with Gasteiger partial charge in [-0.2, -0.15) is 0 Å². The van der Waals surface area contributed by atoms with Crippen molar-refractivity contribution in [2.24, 2.45) is 0 Å². The number of benzene rings is 3. The largest absolute Gasteiger partial charge is 0.332 e. The number of rotatable bonds is 7. The van der Waals surface area contributed by atoms with E-state index in [4.69, 9.17) is 11.6 Å². The predicted octanol–water partition coefficient (Wildman–Crippen LogP) is 5.75. The average molecular weight is 504 g/mol. The van der Waals surface area contributed by atoms with E-state index in [9.17, 15) is 14.4 Å². The summed E-state index contributed by atoms with van der Waals surface area (Å²) in [6.45, 7) is 8.11. The quantitative estimate of drug-likeness (QED) is 0.349. The number of fused-ring (bicyclic) bond motifs is 1. The van der Waals surface area contributed by atoms with Crippen LogP contribution in [0.1, 0.15) is 56.2 Å². The number of amides is 1. The molecule has 1 heterocycles. The standard InChI is InChI=1S/C29H30ClN3O3/c1-18(2)22-11-8-12-23(19(3)4)27(22)31-26(34)17-33-28(35)24-15-21(30)13-14-25(24)32(29(33)36)16-20-9-6-5-7-10-20/h5-15,18-19H,16-17H2,1-4H3,(H,31,34). The first-order chi connectivity index (χ1) is 17.2. The Morgan fingerprint density at radius 1 is 0.861 bits per heavy atom. The third-order valence-electron chi connectivity index (χ3n) is 6.31.